The average Bonchev–Trinajstić information content (AvgIpc) is 3.27. The van der Waals surface area contributed by atoms with E-state index in [0.29, 0.717) is 17.0 Å². The van der Waals surface area contributed by atoms with Gasteiger partial charge in [0.1, 0.15) is 6.15 Å². The van der Waals surface area contributed by atoms with Crippen LogP contribution in [0.1, 0.15) is 54.9 Å². The summed E-state index contributed by atoms with van der Waals surface area (Å²) in [5.41, 5.74) is -29.6. The van der Waals surface area contributed by atoms with E-state index in [9.17, 15) is 114 Å². The first-order valence-electron chi connectivity index (χ1n) is 20.2. The van der Waals surface area contributed by atoms with Crippen LogP contribution in [0, 0.1) is 0 Å². The van der Waals surface area contributed by atoms with Crippen LogP contribution in [-0.2, 0) is 66.8 Å². The summed E-state index contributed by atoms with van der Waals surface area (Å²) in [6.45, 7) is 0.292. The second-order valence-corrected chi connectivity index (χ2v) is 17.6. The lowest BCUT2D eigenvalue weighted by atomic mass is 9.12. The van der Waals surface area contributed by atoms with E-state index < -0.39 is 206 Å². The van der Waals surface area contributed by atoms with E-state index in [2.05, 4.69) is 0 Å². The quantitative estimate of drug-likeness (QED) is 0.0659. The summed E-state index contributed by atoms with van der Waals surface area (Å²) in [5, 5.41) is 0. The van der Waals surface area contributed by atoms with E-state index in [4.69, 9.17) is 0 Å². The summed E-state index contributed by atoms with van der Waals surface area (Å²) >= 11 is 0. The zero-order valence-corrected chi connectivity index (χ0v) is 37.5. The maximum absolute atomic E-state index is 14.2. The van der Waals surface area contributed by atoms with Crippen LogP contribution in [-0.4, -0.2) is 22.4 Å². The molecule has 3 nitrogen and oxygen atoms in total. The second-order valence-electron chi connectivity index (χ2n) is 16.2. The first-order valence-corrected chi connectivity index (χ1v) is 21.8. The van der Waals surface area contributed by atoms with Crippen molar-refractivity contribution < 1.29 is 119 Å². The van der Waals surface area contributed by atoms with E-state index >= 15 is 0 Å². The summed E-state index contributed by atoms with van der Waals surface area (Å²) in [6.07, 6.45) is -49.5. The van der Waals surface area contributed by atoms with Crippen molar-refractivity contribution in [2.24, 2.45) is 0 Å². The molecule has 6 rings (SSSR count). The fraction of sp³-hybridized carbons (Fsp3) is 0.217. The van der Waals surface area contributed by atoms with Gasteiger partial charge in [0.25, 0.3) is 0 Å². The van der Waals surface area contributed by atoms with E-state index in [0.717, 1.165) is 0 Å². The second kappa shape index (κ2) is 20.5. The molecule has 0 saturated heterocycles. The molecule has 1 aromatic heterocycles. The number of alkyl halides is 24. The molecular formula is C46H26BF24NO2S. The Morgan fingerprint density at radius 3 is 0.867 bits per heavy atom. The van der Waals surface area contributed by atoms with Gasteiger partial charge in [0, 0.05) is 39.6 Å². The molecule has 0 bridgehead atoms. The number of hydrogen-bond donors (Lipinski definition) is 0. The molecule has 6 aromatic rings. The molecule has 0 aliphatic rings. The molecule has 1 atom stereocenters. The van der Waals surface area contributed by atoms with Gasteiger partial charge in [-0.25, -0.2) is 0 Å². The minimum Gasteiger partial charge on any atom is -0.287 e. The van der Waals surface area contributed by atoms with Crippen LogP contribution in [0.4, 0.5) is 105 Å². The van der Waals surface area contributed by atoms with E-state index in [1.54, 1.807) is 30.5 Å². The number of nitrogens with zero attached hydrogens (tertiary/aromatic N) is 1. The van der Waals surface area contributed by atoms with Gasteiger partial charge >= 0.3 is 49.4 Å². The Morgan fingerprint density at radius 2 is 0.640 bits per heavy atom. The van der Waals surface area contributed by atoms with Crippen molar-refractivity contribution in [1.29, 1.82) is 0 Å². The normalized spacial score (nSPS) is 13.8. The smallest absolute Gasteiger partial charge is 0.287 e. The van der Waals surface area contributed by atoms with Gasteiger partial charge in [-0.05, 0) is 36.4 Å². The zero-order chi connectivity index (χ0) is 56.9. The number of carbonyl (C=O) groups excluding carboxylic acids is 1. The van der Waals surface area contributed by atoms with Gasteiger partial charge in [-0.15, -0.1) is 0 Å². The average molecular weight is 1120 g/mol. The minimum atomic E-state index is -6.13. The number of Topliss-reactive ketones (excluding diaryl/α,β-unsaturated/α-hetero) is 1. The number of ketones is 1. The van der Waals surface area contributed by atoms with Gasteiger partial charge in [0.05, 0.1) is 44.5 Å². The van der Waals surface area contributed by atoms with Crippen LogP contribution < -0.4 is 26.4 Å². The molecule has 0 spiro atoms. The van der Waals surface area contributed by atoms with Crippen LogP contribution in [0.2, 0.25) is 0 Å². The minimum absolute atomic E-state index is 0.0125. The molecule has 1 unspecified atom stereocenters. The molecular weight excluding hydrogens is 1100 g/mol. The van der Waals surface area contributed by atoms with Crippen molar-refractivity contribution in [3.8, 4) is 0 Å². The van der Waals surface area contributed by atoms with E-state index in [1.807, 2.05) is 35.2 Å². The lowest BCUT2D eigenvalue weighted by Gasteiger charge is -2.46. The van der Waals surface area contributed by atoms with Crippen molar-refractivity contribution in [2.75, 3.05) is 6.26 Å². The van der Waals surface area contributed by atoms with Crippen LogP contribution >= 0.6 is 0 Å². The third kappa shape index (κ3) is 14.0. The molecule has 0 aliphatic heterocycles. The Balaban J connectivity index is 0.000000483. The van der Waals surface area contributed by atoms with Crippen LogP contribution in [0.3, 0.4) is 0 Å². The van der Waals surface area contributed by atoms with Crippen molar-refractivity contribution in [1.82, 2.24) is 0 Å². The van der Waals surface area contributed by atoms with Crippen LogP contribution in [0.5, 0.6) is 0 Å². The Labute approximate surface area is 407 Å². The van der Waals surface area contributed by atoms with Gasteiger partial charge in [-0.2, -0.15) is 132 Å². The molecule has 0 amide bonds. The first kappa shape index (κ1) is 59.3. The third-order valence-corrected chi connectivity index (χ3v) is 11.9. The Kier molecular flexibility index (Phi) is 16.2. The summed E-state index contributed by atoms with van der Waals surface area (Å²) in [5.74, 6) is 0.0125. The molecule has 0 N–H and O–H groups in total. The largest absolute Gasteiger partial charge is 0.416 e. The molecule has 0 aliphatic carbocycles. The summed E-state index contributed by atoms with van der Waals surface area (Å²) in [7, 11) is -1.06. The molecule has 0 fully saturated rings. The molecule has 404 valence electrons. The molecule has 29 heteroatoms. The predicted molar refractivity (Wildman–Crippen MR) is 220 cm³/mol. The maximum atomic E-state index is 14.2. The lowest BCUT2D eigenvalue weighted by Crippen LogP contribution is -2.75. The van der Waals surface area contributed by atoms with Gasteiger partial charge < -0.3 is 0 Å². The highest BCUT2D eigenvalue weighted by molar-refractivity contribution is 7.84. The topological polar surface area (TPSA) is 38.0 Å². The number of benzene rings is 5. The monoisotopic (exact) mass is 1120 g/mol. The Hall–Kier alpha value is -6.55. The number of hydrogen-bond acceptors (Lipinski definition) is 2. The highest BCUT2D eigenvalue weighted by Gasteiger charge is 2.47. The fourth-order valence-corrected chi connectivity index (χ4v) is 8.28. The number of rotatable bonds is 8. The van der Waals surface area contributed by atoms with Gasteiger partial charge in [0.15, 0.2) is 12.4 Å². The Bertz CT molecular complexity index is 2640. The van der Waals surface area contributed by atoms with Crippen LogP contribution in [0.15, 0.2) is 133 Å². The van der Waals surface area contributed by atoms with Crippen molar-refractivity contribution >= 4 is 44.6 Å². The molecule has 1 heterocycles. The molecule has 0 radical (unpaired) electrons. The van der Waals surface area contributed by atoms with Gasteiger partial charge in [-0.3, -0.25) is 9.00 Å². The van der Waals surface area contributed by atoms with E-state index in [-0.39, 0.29) is 5.78 Å². The van der Waals surface area contributed by atoms with Crippen molar-refractivity contribution in [3.63, 3.8) is 0 Å². The Morgan fingerprint density at radius 1 is 0.387 bits per heavy atom. The number of aromatic nitrogens is 1. The third-order valence-electron chi connectivity index (χ3n) is 11.0. The molecule has 75 heavy (non-hydrogen) atoms. The van der Waals surface area contributed by atoms with Crippen LogP contribution in [0.25, 0.3) is 0 Å². The van der Waals surface area contributed by atoms with Gasteiger partial charge in [-0.1, -0.05) is 66.7 Å². The van der Waals surface area contributed by atoms with Gasteiger partial charge in [0.2, 0.25) is 12.3 Å². The lowest BCUT2D eigenvalue weighted by molar-refractivity contribution is -0.683. The number of carbonyl (C=O) groups is 1. The first-order chi connectivity index (χ1) is 33.9. The maximum Gasteiger partial charge on any atom is 0.416 e. The SMILES string of the molecule is CS(=O)c1cccc(C(=O)C[n+]2ccccc2)c1.FC(F)(F)c1cc([B-](c2cc(C(F)(F)F)cc(C(F)(F)F)c2)(c2cc(C(F)(F)F)cc(C(F)(F)F)c2)c2cc(C(F)(F)F)cc(C(F)(F)F)c2)cc(C(F)(F)F)c1. The molecule has 5 aromatic carbocycles. The summed E-state index contributed by atoms with van der Waals surface area (Å²) < 4.78 is 354. The number of pyridine rings is 1. The van der Waals surface area contributed by atoms with E-state index in [1.165, 1.54) is 0 Å². The van der Waals surface area contributed by atoms with Crippen molar-refractivity contribution in [2.45, 2.75) is 60.9 Å². The summed E-state index contributed by atoms with van der Waals surface area (Å²) in [4.78, 5) is 12.7. The molecule has 0 saturated carbocycles. The fourth-order valence-electron chi connectivity index (χ4n) is 7.72. The highest BCUT2D eigenvalue weighted by Crippen LogP contribution is 2.41. The van der Waals surface area contributed by atoms with Crippen molar-refractivity contribution in [3.05, 3.63) is 178 Å². The number of halogens is 24. The zero-order valence-electron chi connectivity index (χ0n) is 36.7. The standard InChI is InChI=1S/C32H12BF24.C14H14NO2S/c34-25(35,36)13-1-14(26(37,38)39)6-21(5-13)33(22-7-15(27(40,41)42)2-16(8-22)28(43,44)45,23-9-17(29(46,47)48)3-18(10-23)30(49,50)51)24-11-19(31(52,53)54)4-20(12-24)32(55,56)57;1-18(17)13-7-5-6-12(10-13)14(16)11-15-8-3-2-4-9-15/h1-12H;2-10H,11H2,1H3/q-1;+1. The highest BCUT2D eigenvalue weighted by atomic mass is 32.2. The predicted octanol–water partition coefficient (Wildman–Crippen LogP) is 12.8. The summed E-state index contributed by atoms with van der Waals surface area (Å²) in [6, 6.07) is 3.83.